The molecule has 0 spiro atoms. The third kappa shape index (κ3) is 10.4. The number of alkyl halides is 3. The molecule has 1 amide bonds. The van der Waals surface area contributed by atoms with Gasteiger partial charge in [0.2, 0.25) is 17.8 Å². The first-order chi connectivity index (χ1) is 18.6. The molecule has 222 valence electrons. The molecule has 0 saturated carbocycles. The summed E-state index contributed by atoms with van der Waals surface area (Å²) in [6, 6.07) is 5.39. The van der Waals surface area contributed by atoms with Crippen molar-refractivity contribution in [2.75, 3.05) is 62.0 Å². The van der Waals surface area contributed by atoms with E-state index in [1.165, 1.54) is 7.11 Å². The van der Waals surface area contributed by atoms with Crippen LogP contribution in [0.3, 0.4) is 0 Å². The maximum Gasteiger partial charge on any atom is 0.490 e. The van der Waals surface area contributed by atoms with Crippen LogP contribution in [0.25, 0.3) is 0 Å². The lowest BCUT2D eigenvalue weighted by molar-refractivity contribution is -0.192. The van der Waals surface area contributed by atoms with E-state index in [1.807, 2.05) is 20.0 Å². The molecule has 3 rings (SSSR count). The highest BCUT2D eigenvalue weighted by Gasteiger charge is 2.38. The standard InChI is InChI=1S/C23H36N8O2.C2HF3O2/c1-16-8-9-17(19(32)29-33-6)14-18(16)25-20-26-21(30(5)15-23(2,3)4)28-22(27-20)31-12-7-10-24-11-13-31;3-2(4,5)1(6)7/h8-9,14,24H,7,10-13,15H2,1-6H3,(H,29,32)(H,25,26,27,28);(H,6,7). The van der Waals surface area contributed by atoms with Crippen molar-refractivity contribution >= 4 is 35.4 Å². The molecule has 0 aliphatic carbocycles. The molecular weight excluding hydrogens is 533 g/mol. The number of aryl methyl sites for hydroxylation is 1. The summed E-state index contributed by atoms with van der Waals surface area (Å²) in [5, 5.41) is 13.9. The molecule has 1 aromatic heterocycles. The van der Waals surface area contributed by atoms with E-state index in [0.717, 1.165) is 50.4 Å². The maximum absolute atomic E-state index is 12.2. The van der Waals surface area contributed by atoms with Gasteiger partial charge in [0.15, 0.2) is 0 Å². The van der Waals surface area contributed by atoms with Gasteiger partial charge < -0.3 is 25.5 Å². The van der Waals surface area contributed by atoms with Crippen LogP contribution < -0.4 is 25.9 Å². The summed E-state index contributed by atoms with van der Waals surface area (Å²) in [6.45, 7) is 12.9. The number of aliphatic carboxylic acids is 1. The second-order valence-corrected chi connectivity index (χ2v) is 10.4. The van der Waals surface area contributed by atoms with Gasteiger partial charge >= 0.3 is 12.1 Å². The van der Waals surface area contributed by atoms with Crippen LogP contribution in [-0.2, 0) is 9.63 Å². The molecule has 2 aromatic rings. The zero-order valence-electron chi connectivity index (χ0n) is 23.5. The molecule has 40 heavy (non-hydrogen) atoms. The van der Waals surface area contributed by atoms with Crippen molar-refractivity contribution in [1.29, 1.82) is 0 Å². The molecule has 0 radical (unpaired) electrons. The van der Waals surface area contributed by atoms with Crippen LogP contribution in [0, 0.1) is 12.3 Å². The Kier molecular flexibility index (Phi) is 11.4. The average Bonchev–Trinajstić information content (AvgIpc) is 3.14. The van der Waals surface area contributed by atoms with Crippen molar-refractivity contribution in [3.63, 3.8) is 0 Å². The first-order valence-electron chi connectivity index (χ1n) is 12.5. The predicted molar refractivity (Wildman–Crippen MR) is 145 cm³/mol. The number of aromatic nitrogens is 3. The van der Waals surface area contributed by atoms with Crippen molar-refractivity contribution in [1.82, 2.24) is 25.7 Å². The van der Waals surface area contributed by atoms with E-state index in [0.29, 0.717) is 23.4 Å². The number of hydrogen-bond acceptors (Lipinski definition) is 10. The fourth-order valence-electron chi connectivity index (χ4n) is 3.72. The Morgan fingerprint density at radius 3 is 2.42 bits per heavy atom. The van der Waals surface area contributed by atoms with E-state index < -0.39 is 12.1 Å². The Balaban J connectivity index is 0.000000708. The highest BCUT2D eigenvalue weighted by atomic mass is 19.4. The SMILES string of the molecule is CONC(=O)c1ccc(C)c(Nc2nc(N(C)CC(C)(C)C)nc(N3CCCNCC3)n2)c1.O=C(O)C(F)(F)F. The van der Waals surface area contributed by atoms with Crippen molar-refractivity contribution in [3.05, 3.63) is 29.3 Å². The quantitative estimate of drug-likeness (QED) is 0.364. The van der Waals surface area contributed by atoms with Gasteiger partial charge in [0.25, 0.3) is 5.91 Å². The lowest BCUT2D eigenvalue weighted by atomic mass is 9.96. The molecule has 1 saturated heterocycles. The van der Waals surface area contributed by atoms with Gasteiger partial charge in [-0.3, -0.25) is 9.63 Å². The van der Waals surface area contributed by atoms with Crippen molar-refractivity contribution in [2.24, 2.45) is 5.41 Å². The summed E-state index contributed by atoms with van der Waals surface area (Å²) in [5.74, 6) is -1.37. The zero-order chi connectivity index (χ0) is 30.1. The molecule has 1 fully saturated rings. The van der Waals surface area contributed by atoms with Crippen LogP contribution in [0.15, 0.2) is 18.2 Å². The van der Waals surface area contributed by atoms with E-state index in [9.17, 15) is 18.0 Å². The summed E-state index contributed by atoms with van der Waals surface area (Å²) < 4.78 is 31.7. The lowest BCUT2D eigenvalue weighted by Crippen LogP contribution is -2.33. The summed E-state index contributed by atoms with van der Waals surface area (Å²) in [4.78, 5) is 44.3. The topological polar surface area (TPSA) is 145 Å². The zero-order valence-corrected chi connectivity index (χ0v) is 23.5. The van der Waals surface area contributed by atoms with Gasteiger partial charge in [-0.15, -0.1) is 0 Å². The second-order valence-electron chi connectivity index (χ2n) is 10.4. The number of carbonyl (C=O) groups is 2. The molecule has 1 aliphatic heterocycles. The maximum atomic E-state index is 12.2. The second kappa shape index (κ2) is 14.1. The van der Waals surface area contributed by atoms with Crippen molar-refractivity contribution < 1.29 is 32.7 Å². The number of carbonyl (C=O) groups excluding carboxylic acids is 1. The van der Waals surface area contributed by atoms with Gasteiger partial charge in [0.05, 0.1) is 7.11 Å². The van der Waals surface area contributed by atoms with Crippen molar-refractivity contribution in [3.8, 4) is 0 Å². The monoisotopic (exact) mass is 570 g/mol. The number of carboxylic acids is 1. The van der Waals surface area contributed by atoms with Gasteiger partial charge in [-0.25, -0.2) is 10.3 Å². The van der Waals surface area contributed by atoms with Crippen LogP contribution in [-0.4, -0.2) is 85.0 Å². The number of hydrogen-bond donors (Lipinski definition) is 4. The Hall–Kier alpha value is -3.72. The third-order valence-electron chi connectivity index (χ3n) is 5.47. The summed E-state index contributed by atoms with van der Waals surface area (Å²) in [5.41, 5.74) is 4.62. The molecule has 1 aromatic carbocycles. The van der Waals surface area contributed by atoms with Gasteiger partial charge in [-0.2, -0.15) is 28.1 Å². The van der Waals surface area contributed by atoms with Crippen molar-refractivity contribution in [2.45, 2.75) is 40.3 Å². The molecular formula is C25H37F3N8O4. The number of carboxylic acid groups (broad SMARTS) is 1. The molecule has 15 heteroatoms. The first-order valence-corrected chi connectivity index (χ1v) is 12.5. The fourth-order valence-corrected chi connectivity index (χ4v) is 3.72. The lowest BCUT2D eigenvalue weighted by Gasteiger charge is -2.28. The molecule has 1 aliphatic rings. The third-order valence-corrected chi connectivity index (χ3v) is 5.47. The van der Waals surface area contributed by atoms with Crippen LogP contribution in [0.5, 0.6) is 0 Å². The number of benzene rings is 1. The summed E-state index contributed by atoms with van der Waals surface area (Å²) >= 11 is 0. The number of hydroxylamine groups is 1. The van der Waals surface area contributed by atoms with E-state index >= 15 is 0 Å². The highest BCUT2D eigenvalue weighted by molar-refractivity contribution is 5.94. The molecule has 0 atom stereocenters. The molecule has 12 nitrogen and oxygen atoms in total. The molecule has 2 heterocycles. The minimum atomic E-state index is -5.08. The number of halogens is 3. The van der Waals surface area contributed by atoms with Gasteiger partial charge in [-0.1, -0.05) is 26.8 Å². The van der Waals surface area contributed by atoms with E-state index in [-0.39, 0.29) is 11.3 Å². The molecule has 0 bridgehead atoms. The molecule has 0 unspecified atom stereocenters. The molecule has 4 N–H and O–H groups in total. The van der Waals surface area contributed by atoms with E-state index in [2.05, 4.69) is 46.7 Å². The average molecular weight is 571 g/mol. The van der Waals surface area contributed by atoms with E-state index in [1.54, 1.807) is 12.1 Å². The number of amides is 1. The van der Waals surface area contributed by atoms with Crippen LogP contribution in [0.2, 0.25) is 0 Å². The van der Waals surface area contributed by atoms with Crippen LogP contribution in [0.1, 0.15) is 43.1 Å². The van der Waals surface area contributed by atoms with Crippen LogP contribution >= 0.6 is 0 Å². The number of nitrogens with one attached hydrogen (secondary N) is 3. The van der Waals surface area contributed by atoms with Gasteiger partial charge in [-0.05, 0) is 43.0 Å². The van der Waals surface area contributed by atoms with Crippen LogP contribution in [0.4, 0.5) is 36.7 Å². The minimum absolute atomic E-state index is 0.0846. The predicted octanol–water partition coefficient (Wildman–Crippen LogP) is 3.13. The van der Waals surface area contributed by atoms with Gasteiger partial charge in [0.1, 0.15) is 0 Å². The largest absolute Gasteiger partial charge is 0.490 e. The van der Waals surface area contributed by atoms with Gasteiger partial charge in [0, 0.05) is 44.5 Å². The summed E-state index contributed by atoms with van der Waals surface area (Å²) in [6.07, 6.45) is -4.06. The Bertz CT molecular complexity index is 1150. The number of rotatable bonds is 7. The normalized spacial score (nSPS) is 14.0. The first kappa shape index (κ1) is 32.5. The highest BCUT2D eigenvalue weighted by Crippen LogP contribution is 2.25. The van der Waals surface area contributed by atoms with E-state index in [4.69, 9.17) is 29.7 Å². The number of anilines is 4. The Morgan fingerprint density at radius 1 is 1.15 bits per heavy atom. The summed E-state index contributed by atoms with van der Waals surface area (Å²) in [7, 11) is 3.41. The minimum Gasteiger partial charge on any atom is -0.475 e. The smallest absolute Gasteiger partial charge is 0.475 e. The number of nitrogens with zero attached hydrogens (tertiary/aromatic N) is 5. The fraction of sp³-hybridized carbons (Fsp3) is 0.560. The Labute approximate surface area is 231 Å². The Morgan fingerprint density at radius 2 is 1.82 bits per heavy atom.